The van der Waals surface area contributed by atoms with Gasteiger partial charge in [0.15, 0.2) is 0 Å². The van der Waals surface area contributed by atoms with Crippen LogP contribution < -0.4 is 5.32 Å². The molecular formula is C14H22N2O2. The van der Waals surface area contributed by atoms with Gasteiger partial charge < -0.3 is 5.32 Å². The molecule has 1 N–H and O–H groups in total. The molecule has 0 heterocycles. The van der Waals surface area contributed by atoms with Crippen LogP contribution in [0.3, 0.4) is 0 Å². The van der Waals surface area contributed by atoms with Crippen molar-refractivity contribution in [1.82, 2.24) is 5.32 Å². The molecule has 0 atom stereocenters. The minimum Gasteiger partial charge on any atom is -0.308 e. The van der Waals surface area contributed by atoms with Gasteiger partial charge in [-0.25, -0.2) is 0 Å². The summed E-state index contributed by atoms with van der Waals surface area (Å²) in [6.07, 6.45) is 2.20. The normalized spacial score (nSPS) is 11.6. The average molecular weight is 250 g/mol. The third-order valence-electron chi connectivity index (χ3n) is 3.12. The van der Waals surface area contributed by atoms with E-state index >= 15 is 0 Å². The van der Waals surface area contributed by atoms with Crippen molar-refractivity contribution in [2.75, 3.05) is 0 Å². The Bertz CT molecular complexity index is 428. The maximum absolute atomic E-state index is 10.9. The summed E-state index contributed by atoms with van der Waals surface area (Å²) in [7, 11) is 0. The van der Waals surface area contributed by atoms with E-state index in [9.17, 15) is 10.1 Å². The molecule has 4 nitrogen and oxygen atoms in total. The largest absolute Gasteiger partial charge is 0.308 e. The number of hydrogen-bond donors (Lipinski definition) is 1. The highest BCUT2D eigenvalue weighted by atomic mass is 16.6. The van der Waals surface area contributed by atoms with Gasteiger partial charge in [0, 0.05) is 23.7 Å². The van der Waals surface area contributed by atoms with Crippen molar-refractivity contribution in [3.63, 3.8) is 0 Å². The summed E-state index contributed by atoms with van der Waals surface area (Å²) in [5.74, 6) is 0. The number of hydrogen-bond acceptors (Lipinski definition) is 3. The van der Waals surface area contributed by atoms with Gasteiger partial charge in [0.1, 0.15) is 0 Å². The van der Waals surface area contributed by atoms with Gasteiger partial charge >= 0.3 is 0 Å². The molecule has 0 aliphatic carbocycles. The van der Waals surface area contributed by atoms with E-state index in [-0.39, 0.29) is 16.1 Å². The summed E-state index contributed by atoms with van der Waals surface area (Å²) in [5.41, 5.74) is 1.92. The Hall–Kier alpha value is -1.42. The molecular weight excluding hydrogens is 228 g/mol. The lowest BCUT2D eigenvalue weighted by atomic mass is 9.98. The molecule has 0 fully saturated rings. The first kappa shape index (κ1) is 14.6. The van der Waals surface area contributed by atoms with Crippen molar-refractivity contribution in [3.05, 3.63) is 39.4 Å². The number of rotatable bonds is 6. The van der Waals surface area contributed by atoms with Gasteiger partial charge in [-0.1, -0.05) is 25.5 Å². The van der Waals surface area contributed by atoms with E-state index in [0.717, 1.165) is 18.4 Å². The fourth-order valence-corrected chi connectivity index (χ4v) is 2.02. The summed E-state index contributed by atoms with van der Waals surface area (Å²) in [5, 5.41) is 14.3. The van der Waals surface area contributed by atoms with Crippen LogP contribution in [0.2, 0.25) is 0 Å². The molecule has 4 heteroatoms. The van der Waals surface area contributed by atoms with Crippen molar-refractivity contribution in [2.24, 2.45) is 0 Å². The maximum Gasteiger partial charge on any atom is 0.272 e. The standard InChI is InChI=1S/C14H22N2O2/c1-5-8-14(3,4)15-10-12-7-6-11(2)13(9-12)16(17)18/h6-7,9,15H,5,8,10H2,1-4H3. The van der Waals surface area contributed by atoms with E-state index in [0.29, 0.717) is 12.1 Å². The Morgan fingerprint density at radius 3 is 2.61 bits per heavy atom. The summed E-state index contributed by atoms with van der Waals surface area (Å²) >= 11 is 0. The second-order valence-electron chi connectivity index (χ2n) is 5.37. The average Bonchev–Trinajstić information content (AvgIpc) is 2.27. The Labute approximate surface area is 109 Å². The molecule has 0 aliphatic rings. The Morgan fingerprint density at radius 2 is 2.06 bits per heavy atom. The number of nitro benzene ring substituents is 1. The van der Waals surface area contributed by atoms with Crippen LogP contribution in [0.15, 0.2) is 18.2 Å². The van der Waals surface area contributed by atoms with Crippen LogP contribution >= 0.6 is 0 Å². The van der Waals surface area contributed by atoms with Crippen LogP contribution in [0.1, 0.15) is 44.7 Å². The zero-order valence-electron chi connectivity index (χ0n) is 11.6. The van der Waals surface area contributed by atoms with Crippen molar-refractivity contribution in [2.45, 2.75) is 52.6 Å². The smallest absolute Gasteiger partial charge is 0.272 e. The van der Waals surface area contributed by atoms with E-state index < -0.39 is 0 Å². The Balaban J connectivity index is 2.74. The lowest BCUT2D eigenvalue weighted by Gasteiger charge is -2.26. The van der Waals surface area contributed by atoms with E-state index in [4.69, 9.17) is 0 Å². The van der Waals surface area contributed by atoms with Crippen LogP contribution in [0, 0.1) is 17.0 Å². The predicted octanol–water partition coefficient (Wildman–Crippen LogP) is 3.57. The molecule has 0 bridgehead atoms. The molecule has 18 heavy (non-hydrogen) atoms. The highest BCUT2D eigenvalue weighted by Crippen LogP contribution is 2.20. The van der Waals surface area contributed by atoms with Gasteiger partial charge in [0.2, 0.25) is 0 Å². The Morgan fingerprint density at radius 1 is 1.39 bits per heavy atom. The van der Waals surface area contributed by atoms with E-state index in [1.54, 1.807) is 13.0 Å². The minimum absolute atomic E-state index is 0.0639. The maximum atomic E-state index is 10.9. The predicted molar refractivity (Wildman–Crippen MR) is 73.7 cm³/mol. The molecule has 0 spiro atoms. The topological polar surface area (TPSA) is 55.2 Å². The van der Waals surface area contributed by atoms with Gasteiger partial charge in [-0.05, 0) is 32.8 Å². The summed E-state index contributed by atoms with van der Waals surface area (Å²) in [6, 6.07) is 5.41. The number of nitrogens with zero attached hydrogens (tertiary/aromatic N) is 1. The first-order valence-electron chi connectivity index (χ1n) is 6.34. The molecule has 0 unspecified atom stereocenters. The van der Waals surface area contributed by atoms with Crippen molar-refractivity contribution in [1.29, 1.82) is 0 Å². The Kier molecular flexibility index (Phi) is 4.84. The fraction of sp³-hybridized carbons (Fsp3) is 0.571. The third kappa shape index (κ3) is 4.11. The molecule has 0 aliphatic heterocycles. The van der Waals surface area contributed by atoms with Crippen LogP contribution in [0.4, 0.5) is 5.69 Å². The van der Waals surface area contributed by atoms with E-state index in [1.807, 2.05) is 12.1 Å². The van der Waals surface area contributed by atoms with E-state index in [2.05, 4.69) is 26.1 Å². The number of nitro groups is 1. The van der Waals surface area contributed by atoms with Gasteiger partial charge in [0.25, 0.3) is 5.69 Å². The fourth-order valence-electron chi connectivity index (χ4n) is 2.02. The third-order valence-corrected chi connectivity index (χ3v) is 3.12. The molecule has 1 rings (SSSR count). The lowest BCUT2D eigenvalue weighted by molar-refractivity contribution is -0.385. The molecule has 0 radical (unpaired) electrons. The monoisotopic (exact) mass is 250 g/mol. The van der Waals surface area contributed by atoms with Gasteiger partial charge in [0.05, 0.1) is 4.92 Å². The second-order valence-corrected chi connectivity index (χ2v) is 5.37. The SMILES string of the molecule is CCCC(C)(C)NCc1ccc(C)c([N+](=O)[O-])c1. The molecule has 0 saturated heterocycles. The zero-order valence-corrected chi connectivity index (χ0v) is 11.6. The van der Waals surface area contributed by atoms with Crippen molar-refractivity contribution >= 4 is 5.69 Å². The molecule has 1 aromatic rings. The van der Waals surface area contributed by atoms with Crippen LogP contribution in [0.25, 0.3) is 0 Å². The van der Waals surface area contributed by atoms with Crippen LogP contribution in [-0.4, -0.2) is 10.5 Å². The lowest BCUT2D eigenvalue weighted by Crippen LogP contribution is -2.38. The van der Waals surface area contributed by atoms with Crippen molar-refractivity contribution < 1.29 is 4.92 Å². The highest BCUT2D eigenvalue weighted by Gasteiger charge is 2.16. The first-order valence-corrected chi connectivity index (χ1v) is 6.34. The van der Waals surface area contributed by atoms with Gasteiger partial charge in [-0.3, -0.25) is 10.1 Å². The number of aryl methyl sites for hydroxylation is 1. The molecule has 0 saturated carbocycles. The summed E-state index contributed by atoms with van der Waals surface area (Å²) in [6.45, 7) is 8.88. The van der Waals surface area contributed by atoms with Crippen LogP contribution in [0.5, 0.6) is 0 Å². The number of nitrogens with one attached hydrogen (secondary N) is 1. The highest BCUT2D eigenvalue weighted by molar-refractivity contribution is 5.42. The summed E-state index contributed by atoms with van der Waals surface area (Å²) < 4.78 is 0. The first-order chi connectivity index (χ1) is 8.35. The quantitative estimate of drug-likeness (QED) is 0.620. The molecule has 100 valence electrons. The van der Waals surface area contributed by atoms with E-state index in [1.165, 1.54) is 0 Å². The molecule has 1 aromatic carbocycles. The molecule has 0 amide bonds. The zero-order chi connectivity index (χ0) is 13.8. The molecule has 0 aromatic heterocycles. The van der Waals surface area contributed by atoms with Gasteiger partial charge in [-0.15, -0.1) is 0 Å². The minimum atomic E-state index is -0.323. The second kappa shape index (κ2) is 5.96. The summed E-state index contributed by atoms with van der Waals surface area (Å²) in [4.78, 5) is 10.5. The number of benzene rings is 1. The van der Waals surface area contributed by atoms with Gasteiger partial charge in [-0.2, -0.15) is 0 Å². The van der Waals surface area contributed by atoms with Crippen LogP contribution in [-0.2, 0) is 6.54 Å². The van der Waals surface area contributed by atoms with Crippen molar-refractivity contribution in [3.8, 4) is 0 Å².